The quantitative estimate of drug-likeness (QED) is 0.477. The molecule has 32 heavy (non-hydrogen) atoms. The number of nitrogens with zero attached hydrogens (tertiary/aromatic N) is 8. The Labute approximate surface area is 180 Å². The van der Waals surface area contributed by atoms with Crippen LogP contribution in [0.25, 0.3) is 27.9 Å². The zero-order valence-corrected chi connectivity index (χ0v) is 17.2. The highest BCUT2D eigenvalue weighted by molar-refractivity contribution is 5.88. The van der Waals surface area contributed by atoms with Crippen LogP contribution in [0.4, 0.5) is 24.9 Å². The van der Waals surface area contributed by atoms with Gasteiger partial charge in [-0.3, -0.25) is 0 Å². The monoisotopic (exact) mass is 446 g/mol. The number of fused-ring (bicyclic) bond motifs is 2. The van der Waals surface area contributed by atoms with E-state index in [0.29, 0.717) is 35.3 Å². The van der Waals surface area contributed by atoms with Crippen LogP contribution in [0.1, 0.15) is 6.42 Å². The van der Waals surface area contributed by atoms with Crippen molar-refractivity contribution in [3.8, 4) is 11.3 Å². The van der Waals surface area contributed by atoms with Gasteiger partial charge in [-0.15, -0.1) is 10.2 Å². The van der Waals surface area contributed by atoms with E-state index in [4.69, 9.17) is 5.73 Å². The van der Waals surface area contributed by atoms with E-state index in [1.54, 1.807) is 28.9 Å². The van der Waals surface area contributed by atoms with Gasteiger partial charge in [-0.1, -0.05) is 5.21 Å². The molecule has 0 bridgehead atoms. The minimum atomic E-state index is -2.58. The summed E-state index contributed by atoms with van der Waals surface area (Å²) in [4.78, 5) is 10.7. The normalized spacial score (nSPS) is 19.9. The highest BCUT2D eigenvalue weighted by Crippen LogP contribution is 2.29. The number of halogens is 3. The number of nitrogen functional groups attached to an aromatic ring is 1. The summed E-state index contributed by atoms with van der Waals surface area (Å²) in [6, 6.07) is 4.72. The zero-order valence-electron chi connectivity index (χ0n) is 17.2. The molecule has 1 saturated heterocycles. The molecule has 13 heteroatoms. The molecule has 0 aromatic carbocycles. The van der Waals surface area contributed by atoms with Gasteiger partial charge in [-0.25, -0.2) is 27.4 Å². The fourth-order valence-corrected chi connectivity index (χ4v) is 3.96. The summed E-state index contributed by atoms with van der Waals surface area (Å²) in [7, 11) is 1.88. The highest BCUT2D eigenvalue weighted by atomic mass is 19.3. The summed E-state index contributed by atoms with van der Waals surface area (Å²) >= 11 is 0. The van der Waals surface area contributed by atoms with Crippen molar-refractivity contribution in [2.45, 2.75) is 31.6 Å². The average molecular weight is 446 g/mol. The van der Waals surface area contributed by atoms with Crippen molar-refractivity contribution < 1.29 is 13.2 Å². The lowest BCUT2D eigenvalue weighted by atomic mass is 10.0. The summed E-state index contributed by atoms with van der Waals surface area (Å²) in [6.45, 7) is 0.513. The number of likely N-dealkylation sites (tertiary alicyclic amines) is 1. The Morgan fingerprint density at radius 3 is 2.88 bits per heavy atom. The number of alkyl halides is 3. The minimum Gasteiger partial charge on any atom is -0.382 e. The molecule has 0 radical (unpaired) electrons. The van der Waals surface area contributed by atoms with Crippen molar-refractivity contribution in [1.29, 1.82) is 0 Å². The van der Waals surface area contributed by atoms with Gasteiger partial charge in [-0.05, 0) is 31.7 Å². The van der Waals surface area contributed by atoms with Crippen LogP contribution in [0.2, 0.25) is 0 Å². The Morgan fingerprint density at radius 1 is 1.25 bits per heavy atom. The van der Waals surface area contributed by atoms with Gasteiger partial charge in [-0.2, -0.15) is 4.98 Å². The second kappa shape index (κ2) is 7.89. The molecule has 4 aromatic rings. The van der Waals surface area contributed by atoms with Crippen molar-refractivity contribution in [3.63, 3.8) is 0 Å². The fourth-order valence-electron chi connectivity index (χ4n) is 3.96. The van der Waals surface area contributed by atoms with Crippen LogP contribution in [0.5, 0.6) is 0 Å². The fraction of sp³-hybridized carbons (Fsp3) is 0.421. The molecule has 0 aliphatic carbocycles. The summed E-state index contributed by atoms with van der Waals surface area (Å²) in [5.74, 6) is 0.420. The Morgan fingerprint density at radius 2 is 2.09 bits per heavy atom. The predicted octanol–water partition coefficient (Wildman–Crippen LogP) is 1.84. The van der Waals surface area contributed by atoms with E-state index in [2.05, 4.69) is 30.7 Å². The third-order valence-electron chi connectivity index (χ3n) is 5.54. The molecule has 0 saturated carbocycles. The Hall–Kier alpha value is -3.48. The van der Waals surface area contributed by atoms with E-state index in [-0.39, 0.29) is 17.4 Å². The molecule has 0 amide bonds. The first-order valence-electron chi connectivity index (χ1n) is 10.1. The van der Waals surface area contributed by atoms with Gasteiger partial charge in [0.15, 0.2) is 11.5 Å². The Balaban J connectivity index is 1.48. The second-order valence-electron chi connectivity index (χ2n) is 7.86. The predicted molar refractivity (Wildman–Crippen MR) is 112 cm³/mol. The van der Waals surface area contributed by atoms with E-state index in [9.17, 15) is 13.2 Å². The van der Waals surface area contributed by atoms with Crippen molar-refractivity contribution in [2.24, 2.45) is 0 Å². The molecule has 0 unspecified atom stereocenters. The van der Waals surface area contributed by atoms with Crippen LogP contribution in [-0.2, 0) is 6.54 Å². The molecular formula is C19H21F3N10. The molecule has 4 aromatic heterocycles. The van der Waals surface area contributed by atoms with Crippen LogP contribution in [-0.4, -0.2) is 78.3 Å². The number of hydrogen-bond donors (Lipinski definition) is 2. The largest absolute Gasteiger partial charge is 0.382 e. The molecule has 168 valence electrons. The number of rotatable bonds is 5. The molecule has 0 spiro atoms. The number of nitrogens with one attached hydrogen (secondary N) is 1. The van der Waals surface area contributed by atoms with Gasteiger partial charge in [0.2, 0.25) is 5.95 Å². The van der Waals surface area contributed by atoms with Crippen LogP contribution in [0, 0.1) is 0 Å². The first-order chi connectivity index (χ1) is 15.4. The highest BCUT2D eigenvalue weighted by Gasteiger charge is 2.28. The van der Waals surface area contributed by atoms with Crippen molar-refractivity contribution in [3.05, 3.63) is 24.4 Å². The summed E-state index contributed by atoms with van der Waals surface area (Å²) in [5.41, 5.74) is 8.51. The lowest BCUT2D eigenvalue weighted by molar-refractivity contribution is 0.122. The molecule has 10 nitrogen and oxygen atoms in total. The van der Waals surface area contributed by atoms with Crippen molar-refractivity contribution >= 4 is 28.4 Å². The van der Waals surface area contributed by atoms with Gasteiger partial charge < -0.3 is 16.0 Å². The topological polar surface area (TPSA) is 115 Å². The van der Waals surface area contributed by atoms with Crippen LogP contribution >= 0.6 is 0 Å². The molecular weight excluding hydrogens is 425 g/mol. The number of hydrogen-bond acceptors (Lipinski definition) is 8. The van der Waals surface area contributed by atoms with Gasteiger partial charge in [0, 0.05) is 24.8 Å². The van der Waals surface area contributed by atoms with Gasteiger partial charge in [0.1, 0.15) is 23.7 Å². The maximum Gasteiger partial charge on any atom is 0.258 e. The molecule has 1 fully saturated rings. The first kappa shape index (κ1) is 20.4. The van der Waals surface area contributed by atoms with Gasteiger partial charge in [0.05, 0.1) is 11.7 Å². The van der Waals surface area contributed by atoms with E-state index in [1.165, 1.54) is 0 Å². The number of aromatic nitrogens is 7. The van der Waals surface area contributed by atoms with Crippen LogP contribution in [0.15, 0.2) is 24.4 Å². The SMILES string of the molecule is CN1CC[C@H](Nc2nc(N)c3c(-c4ccc5nnn(CC(F)F)c5n4)ccn3n2)[C@H](F)C1. The van der Waals surface area contributed by atoms with Crippen LogP contribution in [0.3, 0.4) is 0 Å². The van der Waals surface area contributed by atoms with Crippen molar-refractivity contribution in [1.82, 2.24) is 39.5 Å². The Kier molecular flexibility index (Phi) is 5.04. The van der Waals surface area contributed by atoms with E-state index in [1.807, 2.05) is 11.9 Å². The molecule has 3 N–H and O–H groups in total. The number of piperidine rings is 1. The third kappa shape index (κ3) is 3.68. The summed E-state index contributed by atoms with van der Waals surface area (Å²) in [6.07, 6.45) is -1.31. The number of pyridine rings is 1. The molecule has 5 heterocycles. The second-order valence-corrected chi connectivity index (χ2v) is 7.86. The summed E-state index contributed by atoms with van der Waals surface area (Å²) in [5, 5.41) is 15.1. The molecule has 5 rings (SSSR count). The maximum atomic E-state index is 14.4. The lowest BCUT2D eigenvalue weighted by Gasteiger charge is -2.32. The van der Waals surface area contributed by atoms with E-state index >= 15 is 0 Å². The summed E-state index contributed by atoms with van der Waals surface area (Å²) < 4.78 is 42.6. The number of anilines is 2. The molecule has 1 aliphatic rings. The Bertz CT molecular complexity index is 1270. The van der Waals surface area contributed by atoms with E-state index < -0.39 is 25.2 Å². The van der Waals surface area contributed by atoms with Crippen molar-refractivity contribution in [2.75, 3.05) is 31.2 Å². The lowest BCUT2D eigenvalue weighted by Crippen LogP contribution is -2.46. The average Bonchev–Trinajstić information content (AvgIpc) is 3.34. The van der Waals surface area contributed by atoms with E-state index in [0.717, 1.165) is 11.2 Å². The molecule has 2 atom stereocenters. The standard InChI is InChI=1S/C19H21F3N10/c1-30-6-5-13(11(20)8-30)25-19-26-17(23)16-10(4-7-31(16)28-19)12-2-3-14-18(24-12)32(29-27-14)9-15(21)22/h2-4,7,11,13,15H,5-6,8-9H2,1H3,(H3,23,25,26,28)/t11-,13+/m1/s1. The maximum absolute atomic E-state index is 14.4. The number of nitrogens with two attached hydrogens (primary N) is 1. The van der Waals surface area contributed by atoms with Gasteiger partial charge in [0.25, 0.3) is 6.43 Å². The minimum absolute atomic E-state index is 0.187. The van der Waals surface area contributed by atoms with Gasteiger partial charge >= 0.3 is 0 Å². The third-order valence-corrected chi connectivity index (χ3v) is 5.54. The first-order valence-corrected chi connectivity index (χ1v) is 10.1. The zero-order chi connectivity index (χ0) is 22.4. The van der Waals surface area contributed by atoms with Crippen LogP contribution < -0.4 is 11.1 Å². The smallest absolute Gasteiger partial charge is 0.258 e. The molecule has 1 aliphatic heterocycles.